The van der Waals surface area contributed by atoms with E-state index in [0.29, 0.717) is 23.0 Å². The number of nitrogens with one attached hydrogen (secondary N) is 3. The molecule has 11 heteroatoms. The van der Waals surface area contributed by atoms with Crippen molar-refractivity contribution in [2.24, 2.45) is 0 Å². The minimum atomic E-state index is -3.73. The number of rotatable bonds is 8. The zero-order valence-corrected chi connectivity index (χ0v) is 17.0. The topological polar surface area (TPSA) is 134 Å². The van der Waals surface area contributed by atoms with Gasteiger partial charge in [-0.15, -0.1) is 0 Å². The number of hydrogen-bond donors (Lipinski definition) is 3. The monoisotopic (exact) mass is 434 g/mol. The number of aromatic nitrogens is 2. The number of H-pyrrole nitrogens is 1. The van der Waals surface area contributed by atoms with Crippen LogP contribution in [0.4, 0.5) is 5.69 Å². The molecule has 3 rings (SSSR count). The molecule has 0 saturated heterocycles. The third-order valence-corrected chi connectivity index (χ3v) is 5.72. The molecule has 0 saturated carbocycles. The molecule has 1 aromatic carbocycles. The average Bonchev–Trinajstić information content (AvgIpc) is 3.20. The summed E-state index contributed by atoms with van der Waals surface area (Å²) in [5.74, 6) is 0.793. The van der Waals surface area contributed by atoms with Crippen LogP contribution in [0.3, 0.4) is 0 Å². The Kier molecular flexibility index (Phi) is 6.52. The van der Waals surface area contributed by atoms with Gasteiger partial charge >= 0.3 is 0 Å². The molecule has 0 spiro atoms. The third-order valence-electron chi connectivity index (χ3n) is 3.74. The second-order valence-electron chi connectivity index (χ2n) is 5.89. The number of benzene rings is 1. The maximum Gasteiger partial charge on any atom is 0.274 e. The maximum absolute atomic E-state index is 12.4. The van der Waals surface area contributed by atoms with Crippen LogP contribution in [0.2, 0.25) is 0 Å². The van der Waals surface area contributed by atoms with Gasteiger partial charge in [-0.3, -0.25) is 9.59 Å². The van der Waals surface area contributed by atoms with Crippen LogP contribution in [-0.4, -0.2) is 30.5 Å². The normalized spacial score (nSPS) is 11.3. The Morgan fingerprint density at radius 1 is 1.24 bits per heavy atom. The summed E-state index contributed by atoms with van der Waals surface area (Å²) in [4.78, 5) is 30.8. The van der Waals surface area contributed by atoms with Crippen LogP contribution in [0.5, 0.6) is 0 Å². The van der Waals surface area contributed by atoms with Crippen molar-refractivity contribution in [3.8, 4) is 0 Å². The molecule has 0 aliphatic rings. The molecule has 2 heterocycles. The maximum atomic E-state index is 12.4. The standard InChI is InChI=1S/C18H18N4O5S2/c1-28-11-16-21-15(9-17(23)22-16)18(24)20-12-4-6-14(7-5-12)29(25,26)19-10-13-3-2-8-27-13/h2-9,19H,10-11H2,1H3,(H,20,24)(H,21,22,23). The molecule has 0 aliphatic carbocycles. The SMILES string of the molecule is CSCc1nc(C(=O)Nc2ccc(S(=O)(=O)NCc3ccco3)cc2)cc(=O)[nH]1. The van der Waals surface area contributed by atoms with Gasteiger partial charge < -0.3 is 14.7 Å². The highest BCUT2D eigenvalue weighted by Crippen LogP contribution is 2.15. The summed E-state index contributed by atoms with van der Waals surface area (Å²) in [6, 6.07) is 10.1. The fourth-order valence-corrected chi connectivity index (χ4v) is 3.81. The van der Waals surface area contributed by atoms with Crippen molar-refractivity contribution >= 4 is 33.4 Å². The first-order valence-corrected chi connectivity index (χ1v) is 11.3. The molecular weight excluding hydrogens is 416 g/mol. The van der Waals surface area contributed by atoms with E-state index >= 15 is 0 Å². The Labute approximate surface area is 171 Å². The largest absolute Gasteiger partial charge is 0.468 e. The summed E-state index contributed by atoms with van der Waals surface area (Å²) in [6.45, 7) is 0.0282. The summed E-state index contributed by atoms with van der Waals surface area (Å²) < 4.78 is 32.2. The van der Waals surface area contributed by atoms with Crippen LogP contribution < -0.4 is 15.6 Å². The number of thioether (sulfide) groups is 1. The smallest absolute Gasteiger partial charge is 0.274 e. The van der Waals surface area contributed by atoms with Crippen LogP contribution in [0.1, 0.15) is 22.1 Å². The van der Waals surface area contributed by atoms with Gasteiger partial charge in [-0.25, -0.2) is 18.1 Å². The van der Waals surface area contributed by atoms with E-state index in [1.165, 1.54) is 42.3 Å². The molecule has 0 aliphatic heterocycles. The summed E-state index contributed by atoms with van der Waals surface area (Å²) in [5, 5.41) is 2.60. The number of anilines is 1. The lowest BCUT2D eigenvalue weighted by atomic mass is 10.3. The Hall–Kier alpha value is -2.89. The van der Waals surface area contributed by atoms with E-state index in [4.69, 9.17) is 4.42 Å². The zero-order valence-electron chi connectivity index (χ0n) is 15.3. The fourth-order valence-electron chi connectivity index (χ4n) is 2.40. The molecule has 0 bridgehead atoms. The molecule has 3 N–H and O–H groups in total. The van der Waals surface area contributed by atoms with E-state index in [9.17, 15) is 18.0 Å². The molecule has 9 nitrogen and oxygen atoms in total. The first-order chi connectivity index (χ1) is 13.9. The molecular formula is C18H18N4O5S2. The van der Waals surface area contributed by atoms with Crippen LogP contribution in [-0.2, 0) is 22.3 Å². The second-order valence-corrected chi connectivity index (χ2v) is 8.53. The zero-order chi connectivity index (χ0) is 20.9. The number of amides is 1. The minimum absolute atomic E-state index is 0.0189. The summed E-state index contributed by atoms with van der Waals surface area (Å²) in [7, 11) is -3.73. The molecule has 2 aromatic heterocycles. The van der Waals surface area contributed by atoms with Crippen molar-refractivity contribution in [1.29, 1.82) is 0 Å². The van der Waals surface area contributed by atoms with E-state index < -0.39 is 21.5 Å². The Bertz CT molecular complexity index is 1140. The lowest BCUT2D eigenvalue weighted by Gasteiger charge is -2.08. The van der Waals surface area contributed by atoms with Crippen LogP contribution in [0.25, 0.3) is 0 Å². The molecule has 29 heavy (non-hydrogen) atoms. The van der Waals surface area contributed by atoms with Crippen molar-refractivity contribution in [2.45, 2.75) is 17.2 Å². The van der Waals surface area contributed by atoms with E-state index in [2.05, 4.69) is 20.0 Å². The highest BCUT2D eigenvalue weighted by atomic mass is 32.2. The van der Waals surface area contributed by atoms with Crippen molar-refractivity contribution in [3.63, 3.8) is 0 Å². The molecule has 0 radical (unpaired) electrons. The Morgan fingerprint density at radius 2 is 2.00 bits per heavy atom. The quantitative estimate of drug-likeness (QED) is 0.493. The highest BCUT2D eigenvalue weighted by Gasteiger charge is 2.15. The van der Waals surface area contributed by atoms with Gasteiger partial charge in [-0.05, 0) is 42.7 Å². The summed E-state index contributed by atoms with van der Waals surface area (Å²) in [5.41, 5.74) is -0.0682. The van der Waals surface area contributed by atoms with Gasteiger partial charge in [0.05, 0.1) is 23.5 Å². The predicted octanol–water partition coefficient (Wildman–Crippen LogP) is 1.96. The number of hydrogen-bond acceptors (Lipinski definition) is 7. The van der Waals surface area contributed by atoms with Gasteiger partial charge in [-0.2, -0.15) is 11.8 Å². The van der Waals surface area contributed by atoms with Crippen molar-refractivity contribution in [3.05, 3.63) is 76.4 Å². The molecule has 1 amide bonds. The first-order valence-electron chi connectivity index (χ1n) is 8.40. The minimum Gasteiger partial charge on any atom is -0.468 e. The van der Waals surface area contributed by atoms with Gasteiger partial charge in [0.1, 0.15) is 17.3 Å². The molecule has 3 aromatic rings. The van der Waals surface area contributed by atoms with Crippen molar-refractivity contribution in [2.75, 3.05) is 11.6 Å². The Morgan fingerprint density at radius 3 is 2.66 bits per heavy atom. The lowest BCUT2D eigenvalue weighted by Crippen LogP contribution is -2.23. The van der Waals surface area contributed by atoms with E-state index in [0.717, 1.165) is 6.07 Å². The predicted molar refractivity (Wildman–Crippen MR) is 109 cm³/mol. The number of aromatic amines is 1. The number of carbonyl (C=O) groups is 1. The summed E-state index contributed by atoms with van der Waals surface area (Å²) >= 11 is 1.46. The molecule has 0 fully saturated rings. The van der Waals surface area contributed by atoms with Crippen LogP contribution in [0.15, 0.2) is 62.8 Å². The van der Waals surface area contributed by atoms with E-state index in [-0.39, 0.29) is 17.1 Å². The number of sulfonamides is 1. The molecule has 152 valence electrons. The third kappa shape index (κ3) is 5.56. The van der Waals surface area contributed by atoms with Crippen LogP contribution in [0, 0.1) is 0 Å². The Balaban J connectivity index is 1.68. The van der Waals surface area contributed by atoms with E-state index in [1.54, 1.807) is 12.1 Å². The van der Waals surface area contributed by atoms with E-state index in [1.807, 2.05) is 6.26 Å². The first kappa shape index (κ1) is 20.8. The van der Waals surface area contributed by atoms with Gasteiger partial charge in [0.2, 0.25) is 10.0 Å². The molecule has 0 unspecified atom stereocenters. The van der Waals surface area contributed by atoms with Gasteiger partial charge in [0, 0.05) is 11.8 Å². The van der Waals surface area contributed by atoms with Crippen molar-refractivity contribution < 1.29 is 17.6 Å². The van der Waals surface area contributed by atoms with Crippen molar-refractivity contribution in [1.82, 2.24) is 14.7 Å². The van der Waals surface area contributed by atoms with Gasteiger partial charge in [-0.1, -0.05) is 0 Å². The highest BCUT2D eigenvalue weighted by molar-refractivity contribution is 7.97. The number of carbonyl (C=O) groups excluding carboxylic acids is 1. The number of furan rings is 1. The van der Waals surface area contributed by atoms with Crippen LogP contribution >= 0.6 is 11.8 Å². The molecule has 0 atom stereocenters. The summed E-state index contributed by atoms with van der Waals surface area (Å²) in [6.07, 6.45) is 3.31. The average molecular weight is 434 g/mol. The lowest BCUT2D eigenvalue weighted by molar-refractivity contribution is 0.102. The fraction of sp³-hybridized carbons (Fsp3) is 0.167. The second kappa shape index (κ2) is 9.07. The van der Waals surface area contributed by atoms with Gasteiger partial charge in [0.25, 0.3) is 11.5 Å². The number of nitrogens with zero attached hydrogens (tertiary/aromatic N) is 1. The van der Waals surface area contributed by atoms with Gasteiger partial charge in [0.15, 0.2) is 0 Å².